The molecule has 1 saturated heterocycles. The van der Waals surface area contributed by atoms with Crippen LogP contribution in [0.2, 0.25) is 0 Å². The second-order valence-corrected chi connectivity index (χ2v) is 5.26. The van der Waals surface area contributed by atoms with E-state index in [1.54, 1.807) is 48.6 Å². The van der Waals surface area contributed by atoms with E-state index in [0.29, 0.717) is 11.3 Å². The smallest absolute Gasteiger partial charge is 0.276 e. The number of carbonyl (C=O) groups excluding carboxylic acids is 3. The number of allylic oxidation sites excluding steroid dienone is 2. The number of nitrogens with zero attached hydrogens (tertiary/aromatic N) is 2. The lowest BCUT2D eigenvalue weighted by Crippen LogP contribution is -2.29. The van der Waals surface area contributed by atoms with Gasteiger partial charge in [-0.1, -0.05) is 42.5 Å². The number of anilines is 1. The van der Waals surface area contributed by atoms with Crippen molar-refractivity contribution in [1.29, 1.82) is 0 Å². The van der Waals surface area contributed by atoms with Gasteiger partial charge in [0.1, 0.15) is 0 Å². The van der Waals surface area contributed by atoms with Crippen LogP contribution in [0.15, 0.2) is 53.7 Å². The van der Waals surface area contributed by atoms with E-state index >= 15 is 0 Å². The fourth-order valence-electron chi connectivity index (χ4n) is 2.87. The maximum atomic E-state index is 12.3. The minimum atomic E-state index is -0.526. The van der Waals surface area contributed by atoms with E-state index in [-0.39, 0.29) is 5.71 Å². The Morgan fingerprint density at radius 2 is 1.59 bits per heavy atom. The summed E-state index contributed by atoms with van der Waals surface area (Å²) in [6.07, 6.45) is 6.85. The molecular formula is C16H11N3O3. The summed E-state index contributed by atoms with van der Waals surface area (Å²) in [6.45, 7) is 0. The minimum absolute atomic E-state index is 0.0870. The van der Waals surface area contributed by atoms with Gasteiger partial charge >= 0.3 is 0 Å². The molecule has 0 spiro atoms. The van der Waals surface area contributed by atoms with Gasteiger partial charge in [-0.2, -0.15) is 10.1 Å². The molecule has 2 heterocycles. The molecule has 3 aliphatic rings. The predicted molar refractivity (Wildman–Crippen MR) is 78.7 cm³/mol. The van der Waals surface area contributed by atoms with Crippen LogP contribution in [0.1, 0.15) is 5.56 Å². The standard InChI is InChI=1S/C16H11N3O3/c20-14-13(11-7-3-4-8-12(11)17-14)18-19-15(21)9-5-1-2-6-10(9)16(19)22/h1-10H,(H,17,18,20)/t9-,10-/m0/s1. The fourth-order valence-corrected chi connectivity index (χ4v) is 2.87. The number of hydrazone groups is 1. The fraction of sp³-hybridized carbons (Fsp3) is 0.125. The predicted octanol–water partition coefficient (Wildman–Crippen LogP) is 1.07. The van der Waals surface area contributed by atoms with Gasteiger partial charge in [-0.15, -0.1) is 0 Å². The highest BCUT2D eigenvalue weighted by Gasteiger charge is 2.46. The van der Waals surface area contributed by atoms with Gasteiger partial charge in [0.25, 0.3) is 17.7 Å². The molecule has 1 aromatic rings. The summed E-state index contributed by atoms with van der Waals surface area (Å²) in [5.74, 6) is -2.27. The molecule has 6 nitrogen and oxygen atoms in total. The number of benzene rings is 1. The Morgan fingerprint density at radius 3 is 2.27 bits per heavy atom. The van der Waals surface area contributed by atoms with Crippen LogP contribution in [0.3, 0.4) is 0 Å². The Morgan fingerprint density at radius 1 is 0.955 bits per heavy atom. The first-order valence-corrected chi connectivity index (χ1v) is 6.89. The largest absolute Gasteiger partial charge is 0.320 e. The maximum absolute atomic E-state index is 12.3. The molecule has 1 N–H and O–H groups in total. The molecule has 0 saturated carbocycles. The lowest BCUT2D eigenvalue weighted by Gasteiger charge is -2.08. The summed E-state index contributed by atoms with van der Waals surface area (Å²) >= 11 is 0. The second-order valence-electron chi connectivity index (χ2n) is 5.26. The van der Waals surface area contributed by atoms with Crippen LogP contribution in [0.5, 0.6) is 0 Å². The van der Waals surface area contributed by atoms with E-state index in [0.717, 1.165) is 5.01 Å². The molecule has 6 heteroatoms. The van der Waals surface area contributed by atoms with Crippen molar-refractivity contribution in [3.05, 3.63) is 54.1 Å². The number of fused-ring (bicyclic) bond motifs is 2. The average Bonchev–Trinajstić information content (AvgIpc) is 2.98. The molecule has 2 aliphatic heterocycles. The molecule has 0 unspecified atom stereocenters. The highest BCUT2D eigenvalue weighted by Crippen LogP contribution is 2.32. The molecule has 108 valence electrons. The first-order chi connectivity index (χ1) is 10.7. The first-order valence-electron chi connectivity index (χ1n) is 6.89. The molecule has 22 heavy (non-hydrogen) atoms. The number of nitrogens with one attached hydrogen (secondary N) is 1. The van der Waals surface area contributed by atoms with Crippen LogP contribution in [0, 0.1) is 11.8 Å². The summed E-state index contributed by atoms with van der Waals surface area (Å²) < 4.78 is 0. The SMILES string of the molecule is O=C1Nc2ccccc2/C1=N/N1C(=O)[C@H]2C=CC=C[C@@H]2C1=O. The van der Waals surface area contributed by atoms with E-state index in [9.17, 15) is 14.4 Å². The van der Waals surface area contributed by atoms with E-state index < -0.39 is 29.6 Å². The van der Waals surface area contributed by atoms with Crippen LogP contribution in [0.4, 0.5) is 5.69 Å². The van der Waals surface area contributed by atoms with Gasteiger partial charge in [0.2, 0.25) is 0 Å². The Hall–Kier alpha value is -3.02. The lowest BCUT2D eigenvalue weighted by molar-refractivity contribution is -0.139. The van der Waals surface area contributed by atoms with Crippen LogP contribution >= 0.6 is 0 Å². The third kappa shape index (κ3) is 1.67. The zero-order valence-corrected chi connectivity index (χ0v) is 11.4. The van der Waals surface area contributed by atoms with Gasteiger partial charge in [-0.05, 0) is 6.07 Å². The number of para-hydroxylation sites is 1. The third-order valence-electron chi connectivity index (χ3n) is 3.97. The van der Waals surface area contributed by atoms with Crippen molar-refractivity contribution in [2.75, 3.05) is 5.32 Å². The Balaban J connectivity index is 1.76. The summed E-state index contributed by atoms with van der Waals surface area (Å²) in [5.41, 5.74) is 1.31. The topological polar surface area (TPSA) is 78.8 Å². The zero-order valence-electron chi connectivity index (χ0n) is 11.4. The van der Waals surface area contributed by atoms with Crippen molar-refractivity contribution in [3.8, 4) is 0 Å². The molecule has 0 bridgehead atoms. The second kappa shape index (κ2) is 4.49. The Kier molecular flexibility index (Phi) is 2.59. The molecule has 2 atom stereocenters. The van der Waals surface area contributed by atoms with Crippen molar-refractivity contribution in [2.45, 2.75) is 0 Å². The first kappa shape index (κ1) is 12.7. The molecule has 1 aliphatic carbocycles. The summed E-state index contributed by atoms with van der Waals surface area (Å²) in [4.78, 5) is 36.7. The molecule has 3 amide bonds. The molecular weight excluding hydrogens is 282 g/mol. The van der Waals surface area contributed by atoms with Gasteiger partial charge in [0.15, 0.2) is 5.71 Å². The van der Waals surface area contributed by atoms with Gasteiger partial charge in [0.05, 0.1) is 17.5 Å². The number of amides is 3. The van der Waals surface area contributed by atoms with Crippen LogP contribution < -0.4 is 5.32 Å². The van der Waals surface area contributed by atoms with Crippen molar-refractivity contribution in [2.24, 2.45) is 16.9 Å². The highest BCUT2D eigenvalue weighted by molar-refractivity contribution is 6.53. The molecule has 1 aromatic carbocycles. The zero-order chi connectivity index (χ0) is 15.3. The number of carbonyl (C=O) groups is 3. The van der Waals surface area contributed by atoms with Crippen LogP contribution in [-0.4, -0.2) is 28.4 Å². The minimum Gasteiger partial charge on any atom is -0.320 e. The number of hydrogen-bond acceptors (Lipinski definition) is 4. The normalized spacial score (nSPS) is 27.4. The molecule has 1 fully saturated rings. The number of hydrogen-bond donors (Lipinski definition) is 1. The van der Waals surface area contributed by atoms with E-state index in [4.69, 9.17) is 0 Å². The van der Waals surface area contributed by atoms with E-state index in [2.05, 4.69) is 10.4 Å². The molecule has 4 rings (SSSR count). The van der Waals surface area contributed by atoms with Crippen molar-refractivity contribution < 1.29 is 14.4 Å². The highest BCUT2D eigenvalue weighted by atomic mass is 16.2. The van der Waals surface area contributed by atoms with Crippen LogP contribution in [0.25, 0.3) is 0 Å². The summed E-state index contributed by atoms with van der Waals surface area (Å²) in [6, 6.07) is 7.03. The van der Waals surface area contributed by atoms with E-state index in [1.165, 1.54) is 0 Å². The summed E-state index contributed by atoms with van der Waals surface area (Å²) in [7, 11) is 0. The number of imide groups is 1. The summed E-state index contributed by atoms with van der Waals surface area (Å²) in [5, 5.41) is 7.55. The molecule has 0 aromatic heterocycles. The van der Waals surface area contributed by atoms with Crippen molar-refractivity contribution in [3.63, 3.8) is 0 Å². The van der Waals surface area contributed by atoms with Crippen molar-refractivity contribution in [1.82, 2.24) is 5.01 Å². The Labute approximate surface area is 125 Å². The van der Waals surface area contributed by atoms with E-state index in [1.807, 2.05) is 0 Å². The molecule has 0 radical (unpaired) electrons. The Bertz CT molecular complexity index is 777. The van der Waals surface area contributed by atoms with Gasteiger partial charge < -0.3 is 5.32 Å². The van der Waals surface area contributed by atoms with Crippen molar-refractivity contribution >= 4 is 29.1 Å². The third-order valence-corrected chi connectivity index (χ3v) is 3.97. The van der Waals surface area contributed by atoms with Gasteiger partial charge in [-0.3, -0.25) is 14.4 Å². The quantitative estimate of drug-likeness (QED) is 0.787. The van der Waals surface area contributed by atoms with Gasteiger partial charge in [-0.25, -0.2) is 0 Å². The van der Waals surface area contributed by atoms with Gasteiger partial charge in [0, 0.05) is 5.56 Å². The lowest BCUT2D eigenvalue weighted by atomic mass is 9.91. The monoisotopic (exact) mass is 293 g/mol. The number of rotatable bonds is 1. The average molecular weight is 293 g/mol. The van der Waals surface area contributed by atoms with Crippen LogP contribution in [-0.2, 0) is 14.4 Å². The maximum Gasteiger partial charge on any atom is 0.276 e.